The summed E-state index contributed by atoms with van der Waals surface area (Å²) in [7, 11) is -3.50. The van der Waals surface area contributed by atoms with Gasteiger partial charge in [0.25, 0.3) is 0 Å². The largest absolute Gasteiger partial charge is 0.361 e. The number of carbonyl (C=O) groups excluding carboxylic acids is 1. The molecule has 1 unspecified atom stereocenters. The number of dihydropyridines is 1. The number of nitrogens with one attached hydrogen (secondary N) is 1. The molecule has 1 N–H and O–H groups in total. The van der Waals surface area contributed by atoms with E-state index in [1.54, 1.807) is 6.07 Å². The number of hydrogen-bond donors (Lipinski definition) is 1. The van der Waals surface area contributed by atoms with Gasteiger partial charge in [-0.25, -0.2) is 12.8 Å². The lowest BCUT2D eigenvalue weighted by Crippen LogP contribution is -2.39. The fraction of sp³-hybridized carbons (Fsp3) is 0.421. The number of rotatable bonds is 1. The predicted molar refractivity (Wildman–Crippen MR) is 97.8 cm³/mol. The maximum absolute atomic E-state index is 14.1. The van der Waals surface area contributed by atoms with Gasteiger partial charge in [0, 0.05) is 28.8 Å². The molecule has 1 atom stereocenters. The zero-order valence-electron chi connectivity index (χ0n) is 14.5. The second-order valence-corrected chi connectivity index (χ2v) is 10.2. The number of sulfone groups is 1. The van der Waals surface area contributed by atoms with Crippen molar-refractivity contribution in [2.45, 2.75) is 39.0 Å². The molecule has 0 amide bonds. The van der Waals surface area contributed by atoms with Crippen LogP contribution in [0.3, 0.4) is 0 Å². The molecule has 138 valence electrons. The first-order valence-corrected chi connectivity index (χ1v) is 10.6. The third kappa shape index (κ3) is 2.54. The van der Waals surface area contributed by atoms with E-state index in [9.17, 15) is 17.6 Å². The predicted octanol–water partition coefficient (Wildman–Crippen LogP) is 3.84. The van der Waals surface area contributed by atoms with E-state index in [4.69, 9.17) is 11.6 Å². The molecule has 1 aromatic rings. The number of Topliss-reactive ketones (excluding diaryl/α,β-unsaturated/α-hetero) is 1. The topological polar surface area (TPSA) is 63.2 Å². The summed E-state index contributed by atoms with van der Waals surface area (Å²) < 4.78 is 39.6. The van der Waals surface area contributed by atoms with Crippen molar-refractivity contribution in [1.82, 2.24) is 5.32 Å². The van der Waals surface area contributed by atoms with E-state index in [2.05, 4.69) is 5.32 Å². The van der Waals surface area contributed by atoms with Crippen LogP contribution in [0.5, 0.6) is 0 Å². The number of ketones is 1. The number of carbonyl (C=O) groups is 1. The minimum atomic E-state index is -3.50. The fourth-order valence-electron chi connectivity index (χ4n) is 4.08. The Morgan fingerprint density at radius 3 is 2.65 bits per heavy atom. The van der Waals surface area contributed by atoms with Crippen LogP contribution < -0.4 is 5.32 Å². The quantitative estimate of drug-likeness (QED) is 0.784. The molecule has 26 heavy (non-hydrogen) atoms. The molecule has 0 radical (unpaired) electrons. The van der Waals surface area contributed by atoms with Crippen molar-refractivity contribution in [3.05, 3.63) is 56.5 Å². The zero-order chi connectivity index (χ0) is 18.9. The molecule has 0 saturated heterocycles. The molecule has 7 heteroatoms. The van der Waals surface area contributed by atoms with Crippen LogP contribution in [0.2, 0.25) is 5.02 Å². The summed E-state index contributed by atoms with van der Waals surface area (Å²) in [5, 5.41) is 3.17. The number of hydrogen-bond acceptors (Lipinski definition) is 4. The van der Waals surface area contributed by atoms with E-state index < -0.39 is 27.0 Å². The second-order valence-electron chi connectivity index (χ2n) is 7.75. The van der Waals surface area contributed by atoms with Gasteiger partial charge >= 0.3 is 0 Å². The van der Waals surface area contributed by atoms with Crippen molar-refractivity contribution in [3.63, 3.8) is 0 Å². The van der Waals surface area contributed by atoms with Crippen LogP contribution in [0.1, 0.15) is 44.6 Å². The summed E-state index contributed by atoms with van der Waals surface area (Å²) in [5.74, 6) is -1.46. The summed E-state index contributed by atoms with van der Waals surface area (Å²) >= 11 is 5.80. The van der Waals surface area contributed by atoms with Crippen LogP contribution in [0.15, 0.2) is 40.1 Å². The van der Waals surface area contributed by atoms with Crippen LogP contribution in [0.4, 0.5) is 4.39 Å². The van der Waals surface area contributed by atoms with Gasteiger partial charge in [0.2, 0.25) is 0 Å². The van der Waals surface area contributed by atoms with Crippen molar-refractivity contribution >= 4 is 27.2 Å². The third-order valence-corrected chi connectivity index (χ3v) is 7.77. The highest BCUT2D eigenvalue weighted by atomic mass is 35.5. The number of allylic oxidation sites excluding steroid dienone is 4. The molecule has 1 aliphatic carbocycles. The van der Waals surface area contributed by atoms with Gasteiger partial charge in [0.15, 0.2) is 15.6 Å². The fourth-order valence-corrected chi connectivity index (χ4v) is 6.03. The van der Waals surface area contributed by atoms with E-state index in [1.807, 2.05) is 13.8 Å². The maximum Gasteiger partial charge on any atom is 0.177 e. The molecule has 2 heterocycles. The van der Waals surface area contributed by atoms with E-state index in [1.165, 1.54) is 12.1 Å². The lowest BCUT2D eigenvalue weighted by Gasteiger charge is -2.38. The van der Waals surface area contributed by atoms with Gasteiger partial charge in [-0.15, -0.1) is 0 Å². The Bertz CT molecular complexity index is 1010. The molecular formula is C19H19ClFNO3S. The third-order valence-electron chi connectivity index (χ3n) is 5.57. The van der Waals surface area contributed by atoms with Gasteiger partial charge in [0.05, 0.1) is 21.6 Å². The molecule has 0 saturated carbocycles. The van der Waals surface area contributed by atoms with Gasteiger partial charge in [-0.2, -0.15) is 0 Å². The van der Waals surface area contributed by atoms with Crippen LogP contribution in [-0.4, -0.2) is 20.0 Å². The molecule has 4 nitrogen and oxygen atoms in total. The summed E-state index contributed by atoms with van der Waals surface area (Å²) in [6, 6.07) is 4.27. The van der Waals surface area contributed by atoms with Crippen molar-refractivity contribution in [1.29, 1.82) is 0 Å². The Morgan fingerprint density at radius 2 is 1.96 bits per heavy atom. The van der Waals surface area contributed by atoms with Crippen LogP contribution >= 0.6 is 11.6 Å². The maximum atomic E-state index is 14.1. The van der Waals surface area contributed by atoms with E-state index in [0.29, 0.717) is 36.1 Å². The number of halogens is 2. The average molecular weight is 396 g/mol. The van der Waals surface area contributed by atoms with Gasteiger partial charge in [-0.05, 0) is 30.5 Å². The van der Waals surface area contributed by atoms with Gasteiger partial charge < -0.3 is 5.32 Å². The first-order valence-electron chi connectivity index (χ1n) is 8.57. The van der Waals surface area contributed by atoms with Crippen molar-refractivity contribution in [3.8, 4) is 0 Å². The highest BCUT2D eigenvalue weighted by Crippen LogP contribution is 2.50. The summed E-state index contributed by atoms with van der Waals surface area (Å²) in [4.78, 5) is 13.4. The summed E-state index contributed by atoms with van der Waals surface area (Å²) in [6.07, 6.45) is 1.74. The summed E-state index contributed by atoms with van der Waals surface area (Å²) in [5.41, 5.74) is 1.73. The van der Waals surface area contributed by atoms with Gasteiger partial charge in [-0.3, -0.25) is 4.79 Å². The highest BCUT2D eigenvalue weighted by molar-refractivity contribution is 7.95. The summed E-state index contributed by atoms with van der Waals surface area (Å²) in [6.45, 7) is 3.73. The Morgan fingerprint density at radius 1 is 1.23 bits per heavy atom. The highest BCUT2D eigenvalue weighted by Gasteiger charge is 2.48. The normalized spacial score (nSPS) is 26.5. The molecule has 1 aromatic carbocycles. The molecule has 0 fully saturated rings. The Kier molecular flexibility index (Phi) is 3.87. The SMILES string of the molecule is CC1(C)CCC2=C(C1=O)C(c1ccc(Cl)c(F)c1)C1=C(CCS1(=O)=O)N2. The van der Waals surface area contributed by atoms with Crippen molar-refractivity contribution in [2.24, 2.45) is 5.41 Å². The second kappa shape index (κ2) is 5.67. The van der Waals surface area contributed by atoms with Crippen LogP contribution in [-0.2, 0) is 14.6 Å². The molecule has 0 aromatic heterocycles. The smallest absolute Gasteiger partial charge is 0.177 e. The van der Waals surface area contributed by atoms with Crippen LogP contribution in [0, 0.1) is 11.2 Å². The first-order chi connectivity index (χ1) is 12.1. The zero-order valence-corrected chi connectivity index (χ0v) is 16.1. The number of benzene rings is 1. The van der Waals surface area contributed by atoms with Gasteiger partial charge in [-0.1, -0.05) is 31.5 Å². The van der Waals surface area contributed by atoms with Gasteiger partial charge in [0.1, 0.15) is 5.82 Å². The minimum absolute atomic E-state index is 0.00931. The van der Waals surface area contributed by atoms with Crippen LogP contribution in [0.25, 0.3) is 0 Å². The molecule has 0 spiro atoms. The lowest BCUT2D eigenvalue weighted by molar-refractivity contribution is -0.124. The molecule has 0 bridgehead atoms. The van der Waals surface area contributed by atoms with E-state index in [0.717, 1.165) is 5.70 Å². The Balaban J connectivity index is 1.97. The molecular weight excluding hydrogens is 377 g/mol. The lowest BCUT2D eigenvalue weighted by atomic mass is 9.69. The monoisotopic (exact) mass is 395 g/mol. The Hall–Kier alpha value is -1.66. The van der Waals surface area contributed by atoms with E-state index >= 15 is 0 Å². The minimum Gasteiger partial charge on any atom is -0.361 e. The van der Waals surface area contributed by atoms with E-state index in [-0.39, 0.29) is 21.5 Å². The molecule has 3 aliphatic rings. The average Bonchev–Trinajstić information content (AvgIpc) is 2.87. The standard InChI is InChI=1S/C19H19ClFNO3S/c1-19(2)7-5-13-16(18(19)23)15(10-3-4-11(20)12(21)9-10)17-14(22-13)6-8-26(17,24)25/h3-4,9,15,22H,5-8H2,1-2H3. The Labute approximate surface area is 157 Å². The first kappa shape index (κ1) is 17.7. The molecule has 2 aliphatic heterocycles. The van der Waals surface area contributed by atoms with Crippen molar-refractivity contribution < 1.29 is 17.6 Å². The molecule has 4 rings (SSSR count). The van der Waals surface area contributed by atoms with Crippen molar-refractivity contribution in [2.75, 3.05) is 5.75 Å².